The molecular weight excluding hydrogens is 559 g/mol. The molecule has 2 aromatic carbocycles. The third-order valence-electron chi connectivity index (χ3n) is 7.89. The van der Waals surface area contributed by atoms with Gasteiger partial charge in [-0.1, -0.05) is 68.5 Å². The summed E-state index contributed by atoms with van der Waals surface area (Å²) in [5.74, 6) is 0.350. The van der Waals surface area contributed by atoms with Crippen LogP contribution in [0.25, 0.3) is 21.2 Å². The molecule has 0 bridgehead atoms. The van der Waals surface area contributed by atoms with E-state index in [-0.39, 0.29) is 30.0 Å². The lowest BCUT2D eigenvalue weighted by Gasteiger charge is -2.22. The standard InChI is InChI=1S/C29H34F3N3O3S2/c30-29(31,32)18-33-17-20-10-11-24(23-9-5-4-8-22(20)23)26-25(16-19-6-2-1-3-7-19)35-28(39-26)27(36)34-21-12-14-40(37,38)15-13-21/h4-5,8-11,19,21,33H,1-3,6-7,12-18H2,(H,34,36). The summed E-state index contributed by atoms with van der Waals surface area (Å²) < 4.78 is 61.8. The van der Waals surface area contributed by atoms with Crippen LogP contribution in [0.4, 0.5) is 13.2 Å². The lowest BCUT2D eigenvalue weighted by Crippen LogP contribution is -2.40. The van der Waals surface area contributed by atoms with Crippen molar-refractivity contribution in [3.05, 3.63) is 52.7 Å². The van der Waals surface area contributed by atoms with Crippen LogP contribution in [0.3, 0.4) is 0 Å². The van der Waals surface area contributed by atoms with Crippen LogP contribution in [-0.4, -0.2) is 49.6 Å². The molecule has 0 unspecified atom stereocenters. The summed E-state index contributed by atoms with van der Waals surface area (Å²) in [6.45, 7) is -0.975. The van der Waals surface area contributed by atoms with Crippen LogP contribution < -0.4 is 10.6 Å². The molecule has 1 saturated heterocycles. The zero-order valence-electron chi connectivity index (χ0n) is 22.2. The molecule has 1 aliphatic carbocycles. The molecule has 1 aliphatic heterocycles. The van der Waals surface area contributed by atoms with Gasteiger partial charge in [0.05, 0.1) is 28.6 Å². The van der Waals surface area contributed by atoms with Gasteiger partial charge in [0, 0.05) is 18.2 Å². The summed E-state index contributed by atoms with van der Waals surface area (Å²) in [7, 11) is -3.03. The second-order valence-corrected chi connectivity index (χ2v) is 14.2. The Kier molecular flexibility index (Phi) is 8.82. The van der Waals surface area contributed by atoms with Crippen LogP contribution in [0.15, 0.2) is 36.4 Å². The number of alkyl halides is 3. The fourth-order valence-electron chi connectivity index (χ4n) is 5.80. The van der Waals surface area contributed by atoms with Gasteiger partial charge in [-0.15, -0.1) is 11.3 Å². The number of nitrogens with zero attached hydrogens (tertiary/aromatic N) is 1. The molecule has 216 valence electrons. The predicted molar refractivity (Wildman–Crippen MR) is 152 cm³/mol. The Morgan fingerprint density at radius 3 is 2.38 bits per heavy atom. The molecule has 0 spiro atoms. The number of rotatable bonds is 8. The minimum absolute atomic E-state index is 0.0736. The first-order chi connectivity index (χ1) is 19.1. The van der Waals surface area contributed by atoms with E-state index in [1.165, 1.54) is 30.6 Å². The molecule has 3 aromatic rings. The lowest BCUT2D eigenvalue weighted by atomic mass is 9.85. The normalized spacial score (nSPS) is 18.7. The maximum Gasteiger partial charge on any atom is 0.401 e. The van der Waals surface area contributed by atoms with Crippen molar-refractivity contribution in [1.82, 2.24) is 15.6 Å². The van der Waals surface area contributed by atoms with E-state index < -0.39 is 22.6 Å². The molecule has 1 saturated carbocycles. The number of nitrogens with one attached hydrogen (secondary N) is 2. The van der Waals surface area contributed by atoms with Gasteiger partial charge < -0.3 is 10.6 Å². The average Bonchev–Trinajstić information content (AvgIpc) is 3.33. The third-order valence-corrected chi connectivity index (χ3v) is 10.7. The van der Waals surface area contributed by atoms with E-state index >= 15 is 0 Å². The molecule has 2 heterocycles. The van der Waals surface area contributed by atoms with Gasteiger partial charge in [0.15, 0.2) is 5.01 Å². The van der Waals surface area contributed by atoms with Crippen molar-refractivity contribution < 1.29 is 26.4 Å². The van der Waals surface area contributed by atoms with Gasteiger partial charge in [0.2, 0.25) is 0 Å². The van der Waals surface area contributed by atoms with Crippen LogP contribution in [0.1, 0.15) is 66.0 Å². The summed E-state index contributed by atoms with van der Waals surface area (Å²) in [5.41, 5.74) is 2.56. The van der Waals surface area contributed by atoms with E-state index in [2.05, 4.69) is 10.6 Å². The van der Waals surface area contributed by atoms with Crippen LogP contribution in [0.5, 0.6) is 0 Å². The van der Waals surface area contributed by atoms with Crippen molar-refractivity contribution in [2.75, 3.05) is 18.1 Å². The second kappa shape index (κ2) is 12.2. The quantitative estimate of drug-likeness (QED) is 0.332. The molecule has 40 heavy (non-hydrogen) atoms. The predicted octanol–water partition coefficient (Wildman–Crippen LogP) is 6.05. The Balaban J connectivity index is 1.46. The molecule has 0 radical (unpaired) electrons. The van der Waals surface area contributed by atoms with Crippen LogP contribution >= 0.6 is 11.3 Å². The van der Waals surface area contributed by atoms with Crippen LogP contribution in [0.2, 0.25) is 0 Å². The van der Waals surface area contributed by atoms with Crippen LogP contribution in [-0.2, 0) is 22.8 Å². The monoisotopic (exact) mass is 593 g/mol. The number of benzene rings is 2. The van der Waals surface area contributed by atoms with Gasteiger partial charge in [-0.3, -0.25) is 4.79 Å². The van der Waals surface area contributed by atoms with E-state index in [1.807, 2.05) is 36.4 Å². The fraction of sp³-hybridized carbons (Fsp3) is 0.517. The van der Waals surface area contributed by atoms with E-state index in [4.69, 9.17) is 4.98 Å². The SMILES string of the molecule is O=C(NC1CCS(=O)(=O)CC1)c1nc(CC2CCCCC2)c(-c2ccc(CNCC(F)(F)F)c3ccccc23)s1. The molecule has 2 aliphatic rings. The number of halogens is 3. The van der Waals surface area contributed by atoms with Crippen molar-refractivity contribution >= 4 is 37.9 Å². The van der Waals surface area contributed by atoms with E-state index in [0.717, 1.165) is 51.7 Å². The molecular formula is C29H34F3N3O3S2. The number of carbonyl (C=O) groups is 1. The average molecular weight is 594 g/mol. The highest BCUT2D eigenvalue weighted by molar-refractivity contribution is 7.91. The Morgan fingerprint density at radius 1 is 0.975 bits per heavy atom. The van der Waals surface area contributed by atoms with E-state index in [0.29, 0.717) is 23.8 Å². The van der Waals surface area contributed by atoms with Gasteiger partial charge >= 0.3 is 6.18 Å². The Hall–Kier alpha value is -2.50. The number of hydrogen-bond acceptors (Lipinski definition) is 6. The van der Waals surface area contributed by atoms with Gasteiger partial charge in [0.1, 0.15) is 9.84 Å². The summed E-state index contributed by atoms with van der Waals surface area (Å²) in [4.78, 5) is 19.0. The maximum atomic E-state index is 13.3. The van der Waals surface area contributed by atoms with Crippen molar-refractivity contribution in [3.8, 4) is 10.4 Å². The molecule has 5 rings (SSSR count). The van der Waals surface area contributed by atoms with Gasteiger partial charge in [-0.2, -0.15) is 13.2 Å². The van der Waals surface area contributed by atoms with Crippen LogP contribution in [0, 0.1) is 5.92 Å². The summed E-state index contributed by atoms with van der Waals surface area (Å²) in [6, 6.07) is 11.2. The highest BCUT2D eigenvalue weighted by Gasteiger charge is 2.28. The number of sulfone groups is 1. The molecule has 0 atom stereocenters. The van der Waals surface area contributed by atoms with Gasteiger partial charge in [-0.25, -0.2) is 13.4 Å². The number of aromatic nitrogens is 1. The van der Waals surface area contributed by atoms with E-state index in [9.17, 15) is 26.4 Å². The highest BCUT2D eigenvalue weighted by Crippen LogP contribution is 2.39. The summed E-state index contributed by atoms with van der Waals surface area (Å²) in [6.07, 6.45) is 3.14. The molecule has 11 heteroatoms. The zero-order chi connectivity index (χ0) is 28.3. The number of fused-ring (bicyclic) bond motifs is 1. The lowest BCUT2D eigenvalue weighted by molar-refractivity contribution is -0.125. The number of carbonyl (C=O) groups excluding carboxylic acids is 1. The minimum Gasteiger partial charge on any atom is -0.347 e. The fourth-order valence-corrected chi connectivity index (χ4v) is 8.32. The summed E-state index contributed by atoms with van der Waals surface area (Å²) in [5, 5.41) is 7.62. The summed E-state index contributed by atoms with van der Waals surface area (Å²) >= 11 is 1.33. The van der Waals surface area contributed by atoms with Gasteiger partial charge in [0.25, 0.3) is 5.91 Å². The Bertz CT molecular complexity index is 1450. The Morgan fingerprint density at radius 2 is 1.68 bits per heavy atom. The maximum absolute atomic E-state index is 13.3. The van der Waals surface area contributed by atoms with Crippen molar-refractivity contribution in [1.29, 1.82) is 0 Å². The smallest absolute Gasteiger partial charge is 0.347 e. The topological polar surface area (TPSA) is 88.2 Å². The minimum atomic E-state index is -4.28. The van der Waals surface area contributed by atoms with E-state index in [1.54, 1.807) is 0 Å². The molecule has 1 amide bonds. The van der Waals surface area contributed by atoms with Crippen molar-refractivity contribution in [2.24, 2.45) is 5.92 Å². The first kappa shape index (κ1) is 29.0. The molecule has 6 nitrogen and oxygen atoms in total. The number of thiazole rings is 1. The first-order valence-corrected chi connectivity index (χ1v) is 16.5. The third kappa shape index (κ3) is 7.22. The highest BCUT2D eigenvalue weighted by atomic mass is 32.2. The van der Waals surface area contributed by atoms with Crippen molar-refractivity contribution in [2.45, 2.75) is 70.1 Å². The molecule has 2 N–H and O–H groups in total. The van der Waals surface area contributed by atoms with Gasteiger partial charge in [-0.05, 0) is 41.5 Å². The Labute approximate surface area is 236 Å². The zero-order valence-corrected chi connectivity index (χ0v) is 23.9. The van der Waals surface area contributed by atoms with Crippen molar-refractivity contribution in [3.63, 3.8) is 0 Å². The largest absolute Gasteiger partial charge is 0.401 e. The molecule has 1 aromatic heterocycles. The number of amides is 1. The molecule has 2 fully saturated rings. The first-order valence-electron chi connectivity index (χ1n) is 13.9. The number of hydrogen-bond donors (Lipinski definition) is 2. The second-order valence-electron chi connectivity index (χ2n) is 10.9.